The van der Waals surface area contributed by atoms with Crippen LogP contribution in [-0.4, -0.2) is 48.0 Å². The number of phenols is 1. The fraction of sp³-hybridized carbons (Fsp3) is 0.200. The average molecular weight is 469 g/mol. The summed E-state index contributed by atoms with van der Waals surface area (Å²) in [6.45, 7) is 2.80. The molecule has 2 amide bonds. The summed E-state index contributed by atoms with van der Waals surface area (Å²) >= 11 is 0. The summed E-state index contributed by atoms with van der Waals surface area (Å²) in [7, 11) is 0. The zero-order valence-corrected chi connectivity index (χ0v) is 18.0. The number of carbonyl (C=O) groups excluding carboxylic acids is 2. The molecule has 3 N–H and O–H groups in total. The highest BCUT2D eigenvalue weighted by atomic mass is 19.4. The van der Waals surface area contributed by atoms with Crippen LogP contribution in [-0.2, 0) is 6.18 Å². The van der Waals surface area contributed by atoms with E-state index in [0.29, 0.717) is 29.8 Å². The molecule has 3 aromatic carbocycles. The molecular weight excluding hydrogens is 447 g/mol. The molecule has 1 aliphatic heterocycles. The van der Waals surface area contributed by atoms with E-state index in [9.17, 15) is 27.9 Å². The van der Waals surface area contributed by atoms with Crippen molar-refractivity contribution in [2.45, 2.75) is 6.18 Å². The number of hydrogen-bond donors (Lipinski definition) is 3. The van der Waals surface area contributed by atoms with Gasteiger partial charge >= 0.3 is 6.18 Å². The van der Waals surface area contributed by atoms with Crippen LogP contribution in [0.1, 0.15) is 26.3 Å². The molecule has 3 aromatic rings. The molecule has 0 saturated carbocycles. The smallest absolute Gasteiger partial charge is 0.416 e. The Hall–Kier alpha value is -3.85. The van der Waals surface area contributed by atoms with Gasteiger partial charge in [0.2, 0.25) is 0 Å². The number of anilines is 1. The molecule has 1 aliphatic rings. The van der Waals surface area contributed by atoms with Crippen molar-refractivity contribution in [3.05, 3.63) is 83.4 Å². The predicted octanol–water partition coefficient (Wildman–Crippen LogP) is 4.38. The first kappa shape index (κ1) is 23.3. The number of halogens is 3. The lowest BCUT2D eigenvalue weighted by Crippen LogP contribution is -2.46. The second-order valence-electron chi connectivity index (χ2n) is 7.92. The number of alkyl halides is 3. The Morgan fingerprint density at radius 1 is 0.853 bits per heavy atom. The molecule has 176 valence electrons. The number of amides is 2. The summed E-state index contributed by atoms with van der Waals surface area (Å²) in [5.41, 5.74) is 1.31. The Balaban J connectivity index is 1.50. The van der Waals surface area contributed by atoms with Crippen molar-refractivity contribution < 1.29 is 27.9 Å². The van der Waals surface area contributed by atoms with Gasteiger partial charge in [0, 0.05) is 43.0 Å². The van der Waals surface area contributed by atoms with Crippen LogP contribution >= 0.6 is 0 Å². The second-order valence-corrected chi connectivity index (χ2v) is 7.92. The summed E-state index contributed by atoms with van der Waals surface area (Å²) in [6.07, 6.45) is -4.46. The van der Waals surface area contributed by atoms with Gasteiger partial charge < -0.3 is 20.6 Å². The number of rotatable bonds is 4. The Bertz CT molecular complexity index is 1190. The highest BCUT2D eigenvalue weighted by molar-refractivity contribution is 6.05. The van der Waals surface area contributed by atoms with Crippen molar-refractivity contribution in [3.8, 4) is 16.9 Å². The van der Waals surface area contributed by atoms with Crippen LogP contribution in [0.4, 0.5) is 18.9 Å². The van der Waals surface area contributed by atoms with Gasteiger partial charge in [-0.1, -0.05) is 12.1 Å². The van der Waals surface area contributed by atoms with Crippen LogP contribution in [0.5, 0.6) is 5.75 Å². The first-order chi connectivity index (χ1) is 16.2. The molecule has 0 bridgehead atoms. The lowest BCUT2D eigenvalue weighted by molar-refractivity contribution is -0.137. The van der Waals surface area contributed by atoms with E-state index in [0.717, 1.165) is 25.2 Å². The first-order valence-electron chi connectivity index (χ1n) is 10.6. The molecule has 0 aromatic heterocycles. The van der Waals surface area contributed by atoms with Gasteiger partial charge in [0.25, 0.3) is 11.8 Å². The normalized spacial score (nSPS) is 14.0. The minimum atomic E-state index is -4.46. The Kier molecular flexibility index (Phi) is 6.56. The van der Waals surface area contributed by atoms with Gasteiger partial charge in [0.15, 0.2) is 0 Å². The summed E-state index contributed by atoms with van der Waals surface area (Å²) in [5.74, 6) is -0.779. The lowest BCUT2D eigenvalue weighted by Gasteiger charge is -2.27. The van der Waals surface area contributed by atoms with Crippen molar-refractivity contribution in [1.82, 2.24) is 10.2 Å². The molecule has 6 nitrogen and oxygen atoms in total. The largest absolute Gasteiger partial charge is 0.508 e. The van der Waals surface area contributed by atoms with Crippen LogP contribution in [0.15, 0.2) is 66.7 Å². The van der Waals surface area contributed by atoms with E-state index in [-0.39, 0.29) is 22.9 Å². The third-order valence-corrected chi connectivity index (χ3v) is 5.52. The van der Waals surface area contributed by atoms with E-state index in [1.807, 2.05) is 0 Å². The zero-order valence-electron chi connectivity index (χ0n) is 18.0. The number of hydrogen-bond acceptors (Lipinski definition) is 4. The number of nitrogens with zero attached hydrogens (tertiary/aromatic N) is 1. The average Bonchev–Trinajstić information content (AvgIpc) is 2.83. The number of piperazine rings is 1. The van der Waals surface area contributed by atoms with E-state index in [1.54, 1.807) is 35.2 Å². The quantitative estimate of drug-likeness (QED) is 0.530. The molecule has 1 fully saturated rings. The Labute approximate surface area is 194 Å². The molecule has 0 unspecified atom stereocenters. The number of carbonyl (C=O) groups is 2. The van der Waals surface area contributed by atoms with E-state index >= 15 is 0 Å². The van der Waals surface area contributed by atoms with Crippen molar-refractivity contribution >= 4 is 17.5 Å². The monoisotopic (exact) mass is 469 g/mol. The lowest BCUT2D eigenvalue weighted by atomic mass is 10.0. The minimum absolute atomic E-state index is 0.0550. The summed E-state index contributed by atoms with van der Waals surface area (Å²) in [5, 5.41) is 15.9. The van der Waals surface area contributed by atoms with Gasteiger partial charge in [-0.05, 0) is 65.7 Å². The topological polar surface area (TPSA) is 81.7 Å². The van der Waals surface area contributed by atoms with Crippen LogP contribution in [0, 0.1) is 0 Å². The van der Waals surface area contributed by atoms with E-state index in [1.165, 1.54) is 24.3 Å². The number of aromatic hydroxyl groups is 1. The third-order valence-electron chi connectivity index (χ3n) is 5.52. The third kappa shape index (κ3) is 5.37. The maximum absolute atomic E-state index is 12.7. The number of benzene rings is 3. The summed E-state index contributed by atoms with van der Waals surface area (Å²) in [6, 6.07) is 15.3. The maximum atomic E-state index is 12.7. The number of phenolic OH excluding ortho intramolecular Hbond substituents is 1. The fourth-order valence-electron chi connectivity index (χ4n) is 3.71. The highest BCUT2D eigenvalue weighted by Crippen LogP contribution is 2.30. The van der Waals surface area contributed by atoms with Crippen molar-refractivity contribution in [3.63, 3.8) is 0 Å². The van der Waals surface area contributed by atoms with Crippen LogP contribution in [0.25, 0.3) is 11.1 Å². The van der Waals surface area contributed by atoms with E-state index in [4.69, 9.17) is 0 Å². The zero-order chi connectivity index (χ0) is 24.3. The molecule has 0 aliphatic carbocycles. The van der Waals surface area contributed by atoms with Gasteiger partial charge in [0.05, 0.1) is 5.56 Å². The van der Waals surface area contributed by atoms with Gasteiger partial charge in [-0.25, -0.2) is 0 Å². The summed E-state index contributed by atoms with van der Waals surface area (Å²) < 4.78 is 38.2. The Morgan fingerprint density at radius 3 is 2.12 bits per heavy atom. The van der Waals surface area contributed by atoms with Gasteiger partial charge in [-0.3, -0.25) is 9.59 Å². The molecule has 1 saturated heterocycles. The van der Waals surface area contributed by atoms with Gasteiger partial charge in [-0.15, -0.1) is 0 Å². The standard InChI is InChI=1S/C25H22F3N3O3/c26-25(27,28)20-5-7-21(8-6-20)30-23(33)19-13-18(14-22(32)15-19)16-1-3-17(4-2-16)24(34)31-11-9-29-10-12-31/h1-8,13-15,29,32H,9-12H2,(H,30,33). The minimum Gasteiger partial charge on any atom is -0.508 e. The summed E-state index contributed by atoms with van der Waals surface area (Å²) in [4.78, 5) is 27.1. The fourth-order valence-corrected chi connectivity index (χ4v) is 3.71. The molecule has 0 radical (unpaired) electrons. The van der Waals surface area contributed by atoms with E-state index < -0.39 is 17.6 Å². The second kappa shape index (κ2) is 9.56. The molecule has 4 rings (SSSR count). The van der Waals surface area contributed by atoms with Crippen molar-refractivity contribution in [1.29, 1.82) is 0 Å². The molecular formula is C25H22F3N3O3. The van der Waals surface area contributed by atoms with Crippen LogP contribution in [0.2, 0.25) is 0 Å². The maximum Gasteiger partial charge on any atom is 0.416 e. The highest BCUT2D eigenvalue weighted by Gasteiger charge is 2.30. The first-order valence-corrected chi connectivity index (χ1v) is 10.6. The van der Waals surface area contributed by atoms with Crippen molar-refractivity contribution in [2.75, 3.05) is 31.5 Å². The molecule has 0 spiro atoms. The van der Waals surface area contributed by atoms with E-state index in [2.05, 4.69) is 10.6 Å². The SMILES string of the molecule is O=C(Nc1ccc(C(F)(F)F)cc1)c1cc(O)cc(-c2ccc(C(=O)N3CCNCC3)cc2)c1. The predicted molar refractivity (Wildman–Crippen MR) is 122 cm³/mol. The van der Waals surface area contributed by atoms with Crippen molar-refractivity contribution in [2.24, 2.45) is 0 Å². The molecule has 34 heavy (non-hydrogen) atoms. The van der Waals surface area contributed by atoms with Gasteiger partial charge in [-0.2, -0.15) is 13.2 Å². The Morgan fingerprint density at radius 2 is 1.50 bits per heavy atom. The van der Waals surface area contributed by atoms with Crippen LogP contribution < -0.4 is 10.6 Å². The number of nitrogens with one attached hydrogen (secondary N) is 2. The van der Waals surface area contributed by atoms with Gasteiger partial charge in [0.1, 0.15) is 5.75 Å². The molecule has 9 heteroatoms. The van der Waals surface area contributed by atoms with Crippen LogP contribution in [0.3, 0.4) is 0 Å². The molecule has 0 atom stereocenters. The molecule has 1 heterocycles.